The zero-order valence-corrected chi connectivity index (χ0v) is 12.8. The van der Waals surface area contributed by atoms with E-state index in [4.69, 9.17) is 0 Å². The third-order valence-electron chi connectivity index (χ3n) is 4.95. The molecule has 1 fully saturated rings. The van der Waals surface area contributed by atoms with Gasteiger partial charge in [0.2, 0.25) is 0 Å². The normalized spacial score (nSPS) is 16.9. The lowest BCUT2D eigenvalue weighted by atomic mass is 9.92. The molecule has 5 nitrogen and oxygen atoms in total. The van der Waals surface area contributed by atoms with E-state index in [1.165, 1.54) is 38.8 Å². The largest absolute Gasteiger partial charge is 0.317 e. The third-order valence-corrected chi connectivity index (χ3v) is 4.95. The topological polar surface area (TPSA) is 51.3 Å². The van der Waals surface area contributed by atoms with E-state index in [1.54, 1.807) is 6.20 Å². The Morgan fingerprint density at radius 3 is 2.95 bits per heavy atom. The molecule has 0 spiro atoms. The molecule has 3 aromatic rings. The van der Waals surface area contributed by atoms with Crippen molar-refractivity contribution in [2.45, 2.75) is 38.6 Å². The molecule has 0 saturated carbocycles. The molecule has 0 unspecified atom stereocenters. The number of aromatic nitrogens is 3. The summed E-state index contributed by atoms with van der Waals surface area (Å²) in [5.74, 6) is 0.872. The molecule has 0 bridgehead atoms. The van der Waals surface area contributed by atoms with Gasteiger partial charge in [0.05, 0.1) is 6.20 Å². The average molecular weight is 298 g/mol. The summed E-state index contributed by atoms with van der Waals surface area (Å²) in [4.78, 5) is 16.8. The van der Waals surface area contributed by atoms with Crippen molar-refractivity contribution in [1.29, 1.82) is 0 Å². The number of piperidine rings is 1. The second-order valence-electron chi connectivity index (χ2n) is 6.37. The summed E-state index contributed by atoms with van der Waals surface area (Å²) in [5.41, 5.74) is 2.62. The molecule has 0 amide bonds. The number of hydrogen-bond donors (Lipinski definition) is 1. The van der Waals surface area contributed by atoms with Crippen molar-refractivity contribution >= 4 is 16.8 Å². The van der Waals surface area contributed by atoms with Crippen molar-refractivity contribution in [2.24, 2.45) is 5.92 Å². The summed E-state index contributed by atoms with van der Waals surface area (Å²) in [7, 11) is 0. The summed E-state index contributed by atoms with van der Waals surface area (Å²) in [6.07, 6.45) is 7.87. The number of imidazole rings is 2. The van der Waals surface area contributed by atoms with Crippen LogP contribution < -0.4 is 10.9 Å². The van der Waals surface area contributed by atoms with Crippen LogP contribution in [0.15, 0.2) is 29.2 Å². The van der Waals surface area contributed by atoms with Crippen LogP contribution in [0.1, 0.15) is 32.1 Å². The van der Waals surface area contributed by atoms with E-state index < -0.39 is 0 Å². The molecule has 3 aromatic heterocycles. The molecule has 0 aromatic carbocycles. The number of pyridine rings is 1. The molecule has 1 aliphatic heterocycles. The van der Waals surface area contributed by atoms with Gasteiger partial charge in [0.25, 0.3) is 5.56 Å². The molecule has 1 N–H and O–H groups in total. The van der Waals surface area contributed by atoms with Crippen molar-refractivity contribution < 1.29 is 0 Å². The van der Waals surface area contributed by atoms with Crippen molar-refractivity contribution in [3.63, 3.8) is 0 Å². The molecular formula is C17H22N4O. The number of nitrogens with zero attached hydrogens (tertiary/aromatic N) is 3. The van der Waals surface area contributed by atoms with Gasteiger partial charge >= 0.3 is 0 Å². The highest BCUT2D eigenvalue weighted by atomic mass is 16.1. The molecule has 4 heterocycles. The van der Waals surface area contributed by atoms with Gasteiger partial charge in [-0.3, -0.25) is 13.8 Å². The maximum Gasteiger partial charge on any atom is 0.278 e. The van der Waals surface area contributed by atoms with Crippen molar-refractivity contribution in [2.75, 3.05) is 13.1 Å². The Bertz CT molecular complexity index is 813. The molecule has 1 aliphatic rings. The molecule has 0 radical (unpaired) electrons. The number of rotatable bonds is 5. The predicted molar refractivity (Wildman–Crippen MR) is 87.6 cm³/mol. The first-order chi connectivity index (χ1) is 10.8. The van der Waals surface area contributed by atoms with Crippen LogP contribution in [0, 0.1) is 5.92 Å². The van der Waals surface area contributed by atoms with Gasteiger partial charge < -0.3 is 5.32 Å². The fraction of sp³-hybridized carbons (Fsp3) is 0.529. The minimum atomic E-state index is 0.0931. The van der Waals surface area contributed by atoms with Gasteiger partial charge in [-0.2, -0.15) is 0 Å². The predicted octanol–water partition coefficient (Wildman–Crippen LogP) is 2.26. The smallest absolute Gasteiger partial charge is 0.278 e. The fourth-order valence-electron chi connectivity index (χ4n) is 3.71. The lowest BCUT2D eigenvalue weighted by Gasteiger charge is -2.22. The van der Waals surface area contributed by atoms with Crippen LogP contribution in [-0.4, -0.2) is 27.0 Å². The first-order valence-electron chi connectivity index (χ1n) is 8.33. The summed E-state index contributed by atoms with van der Waals surface area (Å²) >= 11 is 0. The summed E-state index contributed by atoms with van der Waals surface area (Å²) in [6.45, 7) is 3.14. The lowest BCUT2D eigenvalue weighted by molar-refractivity contribution is 0.341. The standard InChI is InChI=1S/C17H22N4O/c22-17-14-12-19-15-5-3-6-16(21(14)15)20(17)11-2-1-4-13-7-9-18-10-8-13/h3,5-6,12-13,18H,1-2,4,7-11H2. The van der Waals surface area contributed by atoms with E-state index in [0.717, 1.165) is 30.2 Å². The highest BCUT2D eigenvalue weighted by Crippen LogP contribution is 2.19. The van der Waals surface area contributed by atoms with Gasteiger partial charge in [-0.1, -0.05) is 18.9 Å². The highest BCUT2D eigenvalue weighted by Gasteiger charge is 2.15. The Kier molecular flexibility index (Phi) is 3.58. The maximum absolute atomic E-state index is 12.5. The number of unbranched alkanes of at least 4 members (excludes halogenated alkanes) is 1. The SMILES string of the molecule is O=c1c2cnc3cccc(n1CCCCC1CCNCC1)n32. The lowest BCUT2D eigenvalue weighted by Crippen LogP contribution is -2.27. The Hall–Kier alpha value is -1.88. The zero-order chi connectivity index (χ0) is 14.9. The molecule has 4 rings (SSSR count). The molecule has 116 valence electrons. The maximum atomic E-state index is 12.5. The minimum Gasteiger partial charge on any atom is -0.317 e. The van der Waals surface area contributed by atoms with E-state index in [1.807, 2.05) is 27.2 Å². The fourth-order valence-corrected chi connectivity index (χ4v) is 3.71. The second kappa shape index (κ2) is 5.72. The van der Waals surface area contributed by atoms with Gasteiger partial charge in [-0.05, 0) is 50.4 Å². The van der Waals surface area contributed by atoms with Crippen LogP contribution in [0.2, 0.25) is 0 Å². The molecule has 0 atom stereocenters. The number of nitrogens with one attached hydrogen (secondary N) is 1. The van der Waals surface area contributed by atoms with Gasteiger partial charge in [-0.25, -0.2) is 4.98 Å². The third kappa shape index (κ3) is 2.29. The first-order valence-corrected chi connectivity index (χ1v) is 8.33. The van der Waals surface area contributed by atoms with Crippen molar-refractivity contribution in [1.82, 2.24) is 19.3 Å². The van der Waals surface area contributed by atoms with Crippen LogP contribution in [-0.2, 0) is 6.54 Å². The Morgan fingerprint density at radius 1 is 1.23 bits per heavy atom. The van der Waals surface area contributed by atoms with Crippen LogP contribution in [0.3, 0.4) is 0 Å². The van der Waals surface area contributed by atoms with Crippen LogP contribution in [0.4, 0.5) is 0 Å². The second-order valence-corrected chi connectivity index (χ2v) is 6.37. The van der Waals surface area contributed by atoms with Gasteiger partial charge in [0, 0.05) is 6.54 Å². The van der Waals surface area contributed by atoms with E-state index in [9.17, 15) is 4.79 Å². The summed E-state index contributed by atoms with van der Waals surface area (Å²) in [5, 5.41) is 3.41. The summed E-state index contributed by atoms with van der Waals surface area (Å²) in [6, 6.07) is 5.93. The van der Waals surface area contributed by atoms with Crippen molar-refractivity contribution in [3.05, 3.63) is 34.7 Å². The summed E-state index contributed by atoms with van der Waals surface area (Å²) < 4.78 is 3.88. The molecule has 5 heteroatoms. The van der Waals surface area contributed by atoms with Gasteiger partial charge in [0.1, 0.15) is 16.8 Å². The van der Waals surface area contributed by atoms with E-state index in [2.05, 4.69) is 10.3 Å². The number of hydrogen-bond acceptors (Lipinski definition) is 3. The molecular weight excluding hydrogens is 276 g/mol. The molecule has 1 saturated heterocycles. The van der Waals surface area contributed by atoms with Crippen LogP contribution in [0.5, 0.6) is 0 Å². The zero-order valence-electron chi connectivity index (χ0n) is 12.8. The Balaban J connectivity index is 1.45. The van der Waals surface area contributed by atoms with E-state index in [-0.39, 0.29) is 5.56 Å². The minimum absolute atomic E-state index is 0.0931. The monoisotopic (exact) mass is 298 g/mol. The van der Waals surface area contributed by atoms with Gasteiger partial charge in [-0.15, -0.1) is 0 Å². The number of aryl methyl sites for hydroxylation is 1. The van der Waals surface area contributed by atoms with Crippen molar-refractivity contribution in [3.8, 4) is 0 Å². The van der Waals surface area contributed by atoms with Gasteiger partial charge in [0.15, 0.2) is 0 Å². The Morgan fingerprint density at radius 2 is 2.09 bits per heavy atom. The highest BCUT2D eigenvalue weighted by molar-refractivity contribution is 5.66. The van der Waals surface area contributed by atoms with E-state index >= 15 is 0 Å². The van der Waals surface area contributed by atoms with Crippen LogP contribution >= 0.6 is 0 Å². The average Bonchev–Trinajstić information content (AvgIpc) is 3.10. The van der Waals surface area contributed by atoms with E-state index in [0.29, 0.717) is 5.52 Å². The molecule has 0 aliphatic carbocycles. The molecule has 22 heavy (non-hydrogen) atoms. The Labute approximate surface area is 129 Å². The quantitative estimate of drug-likeness (QED) is 0.735. The van der Waals surface area contributed by atoms with Crippen LogP contribution in [0.25, 0.3) is 16.8 Å². The first kappa shape index (κ1) is 13.8.